The van der Waals surface area contributed by atoms with Gasteiger partial charge in [-0.2, -0.15) is 0 Å². The molecule has 2 aliphatic heterocycles. The van der Waals surface area contributed by atoms with Crippen LogP contribution in [0.1, 0.15) is 32.6 Å². The summed E-state index contributed by atoms with van der Waals surface area (Å²) in [7, 11) is 0. The Morgan fingerprint density at radius 2 is 2.00 bits per heavy atom. The van der Waals surface area contributed by atoms with Gasteiger partial charge >= 0.3 is 0 Å². The standard InChI is InChI=1S/C14H24N2/c1-14-9-13(8-12(14)10-15-11-14)16-6-4-2-3-5-7-16/h2-3,12-13,15H,4-11H2,1H3/t12-,13+,14+/m1/s1. The highest BCUT2D eigenvalue weighted by Crippen LogP contribution is 2.47. The van der Waals surface area contributed by atoms with E-state index in [1.165, 1.54) is 51.9 Å². The highest BCUT2D eigenvalue weighted by molar-refractivity contribution is 5.03. The maximum absolute atomic E-state index is 3.57. The van der Waals surface area contributed by atoms with Gasteiger partial charge in [-0.1, -0.05) is 19.1 Å². The molecule has 2 heteroatoms. The molecule has 90 valence electrons. The Balaban J connectivity index is 1.65. The molecule has 2 heterocycles. The van der Waals surface area contributed by atoms with Gasteiger partial charge in [0.15, 0.2) is 0 Å². The normalized spacial score (nSPS) is 44.6. The van der Waals surface area contributed by atoms with E-state index < -0.39 is 0 Å². The summed E-state index contributed by atoms with van der Waals surface area (Å²) in [6, 6.07) is 0.872. The van der Waals surface area contributed by atoms with E-state index in [-0.39, 0.29) is 0 Å². The number of rotatable bonds is 1. The predicted molar refractivity (Wildman–Crippen MR) is 67.4 cm³/mol. The number of nitrogens with zero attached hydrogens (tertiary/aromatic N) is 1. The lowest BCUT2D eigenvalue weighted by atomic mass is 9.83. The maximum atomic E-state index is 3.57. The topological polar surface area (TPSA) is 15.3 Å². The molecule has 0 aromatic heterocycles. The minimum Gasteiger partial charge on any atom is -0.316 e. The molecule has 0 aromatic carbocycles. The van der Waals surface area contributed by atoms with Crippen molar-refractivity contribution in [2.45, 2.75) is 38.6 Å². The summed E-state index contributed by atoms with van der Waals surface area (Å²) in [6.45, 7) is 7.59. The van der Waals surface area contributed by atoms with Gasteiger partial charge in [-0.05, 0) is 43.6 Å². The van der Waals surface area contributed by atoms with Gasteiger partial charge in [0.1, 0.15) is 0 Å². The Labute approximate surface area is 99.1 Å². The van der Waals surface area contributed by atoms with Gasteiger partial charge in [-0.25, -0.2) is 0 Å². The Morgan fingerprint density at radius 1 is 1.25 bits per heavy atom. The van der Waals surface area contributed by atoms with Crippen LogP contribution in [0.2, 0.25) is 0 Å². The van der Waals surface area contributed by atoms with E-state index in [1.54, 1.807) is 0 Å². The predicted octanol–water partition coefficient (Wildman–Crippen LogP) is 2.03. The maximum Gasteiger partial charge on any atom is 0.0105 e. The molecule has 3 rings (SSSR count). The minimum atomic E-state index is 0.602. The summed E-state index contributed by atoms with van der Waals surface area (Å²) >= 11 is 0. The molecule has 2 fully saturated rings. The van der Waals surface area contributed by atoms with E-state index in [0.29, 0.717) is 5.41 Å². The van der Waals surface area contributed by atoms with Crippen molar-refractivity contribution in [3.8, 4) is 0 Å². The molecule has 0 unspecified atom stereocenters. The van der Waals surface area contributed by atoms with Crippen LogP contribution in [0.5, 0.6) is 0 Å². The molecular weight excluding hydrogens is 196 g/mol. The third kappa shape index (κ3) is 1.82. The lowest BCUT2D eigenvalue weighted by molar-refractivity contribution is 0.192. The van der Waals surface area contributed by atoms with E-state index in [1.807, 2.05) is 0 Å². The summed E-state index contributed by atoms with van der Waals surface area (Å²) in [5.74, 6) is 0.939. The largest absolute Gasteiger partial charge is 0.316 e. The molecule has 0 amide bonds. The fourth-order valence-electron chi connectivity index (χ4n) is 3.95. The summed E-state index contributed by atoms with van der Waals surface area (Å²) in [4.78, 5) is 2.75. The molecule has 1 N–H and O–H groups in total. The molecular formula is C14H24N2. The quantitative estimate of drug-likeness (QED) is 0.680. The first-order chi connectivity index (χ1) is 7.78. The molecule has 0 aromatic rings. The molecule has 1 saturated carbocycles. The fourth-order valence-corrected chi connectivity index (χ4v) is 3.95. The molecule has 16 heavy (non-hydrogen) atoms. The van der Waals surface area contributed by atoms with Gasteiger partial charge in [-0.3, -0.25) is 4.90 Å². The molecule has 1 saturated heterocycles. The van der Waals surface area contributed by atoms with Crippen LogP contribution in [0.15, 0.2) is 12.2 Å². The van der Waals surface area contributed by atoms with Gasteiger partial charge in [-0.15, -0.1) is 0 Å². The van der Waals surface area contributed by atoms with E-state index in [0.717, 1.165) is 12.0 Å². The van der Waals surface area contributed by atoms with Gasteiger partial charge in [0, 0.05) is 25.7 Å². The van der Waals surface area contributed by atoms with Crippen molar-refractivity contribution >= 4 is 0 Å². The Morgan fingerprint density at radius 3 is 2.69 bits per heavy atom. The fraction of sp³-hybridized carbons (Fsp3) is 0.857. The van der Waals surface area contributed by atoms with Crippen LogP contribution in [-0.2, 0) is 0 Å². The molecule has 3 aliphatic rings. The van der Waals surface area contributed by atoms with Crippen molar-refractivity contribution in [2.24, 2.45) is 11.3 Å². The van der Waals surface area contributed by atoms with Crippen molar-refractivity contribution in [1.82, 2.24) is 10.2 Å². The monoisotopic (exact) mass is 220 g/mol. The lowest BCUT2D eigenvalue weighted by Gasteiger charge is -2.29. The van der Waals surface area contributed by atoms with Crippen LogP contribution in [0.25, 0.3) is 0 Å². The van der Waals surface area contributed by atoms with Crippen LogP contribution in [0.4, 0.5) is 0 Å². The van der Waals surface area contributed by atoms with Crippen molar-refractivity contribution in [2.75, 3.05) is 26.2 Å². The Kier molecular flexibility index (Phi) is 2.80. The molecule has 3 atom stereocenters. The Hall–Kier alpha value is -0.340. The zero-order chi connectivity index (χ0) is 11.0. The summed E-state index contributed by atoms with van der Waals surface area (Å²) in [5, 5.41) is 3.57. The molecule has 0 radical (unpaired) electrons. The molecule has 0 spiro atoms. The van der Waals surface area contributed by atoms with Crippen LogP contribution < -0.4 is 5.32 Å². The van der Waals surface area contributed by atoms with Gasteiger partial charge in [0.05, 0.1) is 0 Å². The van der Waals surface area contributed by atoms with Crippen molar-refractivity contribution in [1.29, 1.82) is 0 Å². The molecule has 1 aliphatic carbocycles. The first-order valence-corrected chi connectivity index (χ1v) is 6.88. The second kappa shape index (κ2) is 4.15. The zero-order valence-electron chi connectivity index (χ0n) is 10.4. The summed E-state index contributed by atoms with van der Waals surface area (Å²) in [5.41, 5.74) is 0.602. The SMILES string of the molecule is C[C@]12CNC[C@H]1C[C@H](N1CCC=CCC1)C2. The van der Waals surface area contributed by atoms with Crippen LogP contribution in [-0.4, -0.2) is 37.1 Å². The van der Waals surface area contributed by atoms with Gasteiger partial charge in [0.2, 0.25) is 0 Å². The van der Waals surface area contributed by atoms with Gasteiger partial charge in [0.25, 0.3) is 0 Å². The van der Waals surface area contributed by atoms with Crippen LogP contribution >= 0.6 is 0 Å². The number of hydrogen-bond acceptors (Lipinski definition) is 2. The van der Waals surface area contributed by atoms with Crippen molar-refractivity contribution in [3.05, 3.63) is 12.2 Å². The second-order valence-electron chi connectivity index (χ2n) is 6.16. The van der Waals surface area contributed by atoms with Crippen LogP contribution in [0.3, 0.4) is 0 Å². The minimum absolute atomic E-state index is 0.602. The van der Waals surface area contributed by atoms with Crippen molar-refractivity contribution < 1.29 is 0 Å². The van der Waals surface area contributed by atoms with E-state index in [2.05, 4.69) is 29.3 Å². The lowest BCUT2D eigenvalue weighted by Crippen LogP contribution is -2.36. The third-order valence-corrected chi connectivity index (χ3v) is 5.01. The van der Waals surface area contributed by atoms with E-state index in [4.69, 9.17) is 0 Å². The van der Waals surface area contributed by atoms with Gasteiger partial charge < -0.3 is 5.32 Å². The smallest absolute Gasteiger partial charge is 0.0105 e. The van der Waals surface area contributed by atoms with E-state index in [9.17, 15) is 0 Å². The first kappa shape index (κ1) is 10.8. The van der Waals surface area contributed by atoms with Crippen LogP contribution in [0, 0.1) is 11.3 Å². The Bertz CT molecular complexity index is 276. The molecule has 2 nitrogen and oxygen atoms in total. The summed E-state index contributed by atoms with van der Waals surface area (Å²) in [6.07, 6.45) is 10.1. The summed E-state index contributed by atoms with van der Waals surface area (Å²) < 4.78 is 0. The number of fused-ring (bicyclic) bond motifs is 1. The average Bonchev–Trinajstić information content (AvgIpc) is 2.62. The number of nitrogens with one attached hydrogen (secondary N) is 1. The highest BCUT2D eigenvalue weighted by Gasteiger charge is 2.47. The average molecular weight is 220 g/mol. The first-order valence-electron chi connectivity index (χ1n) is 6.88. The second-order valence-corrected chi connectivity index (χ2v) is 6.16. The third-order valence-electron chi connectivity index (χ3n) is 5.01. The number of hydrogen-bond donors (Lipinski definition) is 1. The van der Waals surface area contributed by atoms with Crippen molar-refractivity contribution in [3.63, 3.8) is 0 Å². The van der Waals surface area contributed by atoms with E-state index >= 15 is 0 Å². The zero-order valence-corrected chi connectivity index (χ0v) is 10.4. The molecule has 0 bridgehead atoms. The highest BCUT2D eigenvalue weighted by atomic mass is 15.2.